The molecule has 1 aliphatic heterocycles. The van der Waals surface area contributed by atoms with Gasteiger partial charge in [-0.05, 0) is 48.0 Å². The monoisotopic (exact) mass is 283 g/mol. The van der Waals surface area contributed by atoms with Gasteiger partial charge in [0.2, 0.25) is 0 Å². The Morgan fingerprint density at radius 2 is 1.74 bits per heavy atom. The lowest BCUT2D eigenvalue weighted by Gasteiger charge is -2.21. The van der Waals surface area contributed by atoms with E-state index in [2.05, 4.69) is 9.74 Å². The van der Waals surface area contributed by atoms with Crippen LogP contribution in [0.2, 0.25) is 0 Å². The predicted octanol–water partition coefficient (Wildman–Crippen LogP) is 2.24. The fourth-order valence-electron chi connectivity index (χ4n) is 1.86. The van der Waals surface area contributed by atoms with E-state index in [4.69, 9.17) is 4.74 Å². The fraction of sp³-hybridized carbons (Fsp3) is 0.500. The summed E-state index contributed by atoms with van der Waals surface area (Å²) in [6.07, 6.45) is 3.22. The molecule has 0 atom stereocenters. The van der Waals surface area contributed by atoms with Crippen molar-refractivity contribution >= 4 is 10.0 Å². The number of hydrogen-bond acceptors (Lipinski definition) is 4. The van der Waals surface area contributed by atoms with Crippen LogP contribution in [0, 0.1) is 0 Å². The van der Waals surface area contributed by atoms with Crippen molar-refractivity contribution in [3.05, 3.63) is 24.3 Å². The van der Waals surface area contributed by atoms with Gasteiger partial charge in [0.15, 0.2) is 0 Å². The average molecular weight is 283 g/mol. The van der Waals surface area contributed by atoms with Crippen molar-refractivity contribution in [1.82, 2.24) is 5.01 Å². The van der Waals surface area contributed by atoms with Gasteiger partial charge in [-0.3, -0.25) is 5.01 Å². The second kappa shape index (κ2) is 6.01. The van der Waals surface area contributed by atoms with Crippen LogP contribution < -0.4 is 4.74 Å². The first-order valence-corrected chi connectivity index (χ1v) is 7.63. The molecule has 0 aliphatic carbocycles. The molecular formula is C12H17N3O3S. The van der Waals surface area contributed by atoms with E-state index in [1.807, 2.05) is 0 Å². The van der Waals surface area contributed by atoms with Crippen molar-refractivity contribution in [2.24, 2.45) is 9.74 Å². The third kappa shape index (κ3) is 3.66. The summed E-state index contributed by atoms with van der Waals surface area (Å²) in [5.74, 6) is 0.604. The molecule has 0 unspecified atom stereocenters. The lowest BCUT2D eigenvalue weighted by Crippen LogP contribution is -2.24. The number of rotatable bonds is 4. The Labute approximate surface area is 113 Å². The summed E-state index contributed by atoms with van der Waals surface area (Å²) in [6.45, 7) is 1.53. The second-order valence-corrected chi connectivity index (χ2v) is 5.92. The number of piperidine rings is 1. The summed E-state index contributed by atoms with van der Waals surface area (Å²) in [5.41, 5.74) is 0. The highest BCUT2D eigenvalue weighted by Gasteiger charge is 2.14. The van der Waals surface area contributed by atoms with E-state index < -0.39 is 10.0 Å². The minimum Gasteiger partial charge on any atom is -0.497 e. The molecule has 19 heavy (non-hydrogen) atoms. The molecule has 1 aromatic carbocycles. The van der Waals surface area contributed by atoms with Gasteiger partial charge in [-0.15, -0.1) is 0 Å². The fourth-order valence-corrected chi connectivity index (χ4v) is 2.63. The maximum atomic E-state index is 11.9. The quantitative estimate of drug-likeness (QED) is 0.794. The zero-order valence-corrected chi connectivity index (χ0v) is 11.6. The molecule has 0 bridgehead atoms. The van der Waals surface area contributed by atoms with Gasteiger partial charge in [-0.25, -0.2) is 0 Å². The van der Waals surface area contributed by atoms with Crippen molar-refractivity contribution in [2.75, 3.05) is 20.2 Å². The molecule has 1 aromatic rings. The first kappa shape index (κ1) is 13.8. The molecule has 104 valence electrons. The maximum Gasteiger partial charge on any atom is 0.301 e. The SMILES string of the molecule is COc1ccc(S(=O)(=O)/N=N/N2CCCCC2)cc1. The molecule has 1 fully saturated rings. The Morgan fingerprint density at radius 1 is 1.11 bits per heavy atom. The van der Waals surface area contributed by atoms with Crippen LogP contribution in [-0.2, 0) is 10.0 Å². The Balaban J connectivity index is 2.10. The molecular weight excluding hydrogens is 266 g/mol. The second-order valence-electron chi connectivity index (χ2n) is 4.34. The Hall–Kier alpha value is -1.63. The Kier molecular flexibility index (Phi) is 4.36. The molecule has 0 amide bonds. The predicted molar refractivity (Wildman–Crippen MR) is 70.5 cm³/mol. The highest BCUT2D eigenvalue weighted by molar-refractivity contribution is 7.90. The molecule has 0 spiro atoms. The standard InChI is InChI=1S/C12H17N3O3S/c1-18-11-5-7-12(8-6-11)19(16,17)14-13-15-9-3-2-4-10-15/h5-8H,2-4,9-10H2,1H3/b14-13+. The van der Waals surface area contributed by atoms with Gasteiger partial charge < -0.3 is 4.74 Å². The molecule has 6 nitrogen and oxygen atoms in total. The number of hydrogen-bond donors (Lipinski definition) is 0. The molecule has 7 heteroatoms. The lowest BCUT2D eigenvalue weighted by molar-refractivity contribution is 0.226. The summed E-state index contributed by atoms with van der Waals surface area (Å²) >= 11 is 0. The van der Waals surface area contributed by atoms with Crippen LogP contribution in [0.1, 0.15) is 19.3 Å². The maximum absolute atomic E-state index is 11.9. The van der Waals surface area contributed by atoms with Gasteiger partial charge in [0.05, 0.1) is 12.0 Å². The molecule has 1 aliphatic rings. The smallest absolute Gasteiger partial charge is 0.301 e. The lowest BCUT2D eigenvalue weighted by atomic mass is 10.2. The molecule has 2 rings (SSSR count). The number of methoxy groups -OCH3 is 1. The molecule has 0 N–H and O–H groups in total. The number of benzene rings is 1. The topological polar surface area (TPSA) is 71.3 Å². The van der Waals surface area contributed by atoms with E-state index in [0.717, 1.165) is 32.4 Å². The highest BCUT2D eigenvalue weighted by Crippen LogP contribution is 2.18. The first-order chi connectivity index (χ1) is 9.12. The van der Waals surface area contributed by atoms with Crippen LogP contribution in [0.5, 0.6) is 5.75 Å². The first-order valence-electron chi connectivity index (χ1n) is 6.19. The van der Waals surface area contributed by atoms with Crippen molar-refractivity contribution in [1.29, 1.82) is 0 Å². The van der Waals surface area contributed by atoms with E-state index in [1.165, 1.54) is 19.2 Å². The highest BCUT2D eigenvalue weighted by atomic mass is 32.2. The van der Waals surface area contributed by atoms with Gasteiger partial charge >= 0.3 is 10.0 Å². The van der Waals surface area contributed by atoms with Gasteiger partial charge in [-0.1, -0.05) is 5.22 Å². The van der Waals surface area contributed by atoms with Crippen LogP contribution in [0.3, 0.4) is 0 Å². The van der Waals surface area contributed by atoms with E-state index in [1.54, 1.807) is 17.1 Å². The average Bonchev–Trinajstić information content (AvgIpc) is 2.46. The van der Waals surface area contributed by atoms with E-state index in [0.29, 0.717) is 5.75 Å². The molecule has 0 saturated carbocycles. The number of nitrogens with zero attached hydrogens (tertiary/aromatic N) is 3. The normalized spacial score (nSPS) is 16.8. The minimum atomic E-state index is -3.72. The molecule has 1 heterocycles. The van der Waals surface area contributed by atoms with Gasteiger partial charge in [0, 0.05) is 13.1 Å². The Bertz CT molecular complexity index is 534. The van der Waals surface area contributed by atoms with Crippen LogP contribution in [-0.4, -0.2) is 33.6 Å². The third-order valence-electron chi connectivity index (χ3n) is 2.96. The summed E-state index contributed by atoms with van der Waals surface area (Å²) in [5, 5.41) is 5.51. The number of sulfonamides is 1. The van der Waals surface area contributed by atoms with E-state index in [-0.39, 0.29) is 4.90 Å². The van der Waals surface area contributed by atoms with E-state index in [9.17, 15) is 8.42 Å². The van der Waals surface area contributed by atoms with Crippen molar-refractivity contribution < 1.29 is 13.2 Å². The molecule has 0 radical (unpaired) electrons. The minimum absolute atomic E-state index is 0.119. The largest absolute Gasteiger partial charge is 0.497 e. The summed E-state index contributed by atoms with van der Waals surface area (Å²) < 4.78 is 32.4. The third-order valence-corrected chi connectivity index (χ3v) is 4.12. The van der Waals surface area contributed by atoms with Crippen LogP contribution >= 0.6 is 0 Å². The number of ether oxygens (including phenoxy) is 1. The van der Waals surface area contributed by atoms with Crippen molar-refractivity contribution in [3.63, 3.8) is 0 Å². The van der Waals surface area contributed by atoms with E-state index >= 15 is 0 Å². The van der Waals surface area contributed by atoms with Crippen LogP contribution in [0.4, 0.5) is 0 Å². The van der Waals surface area contributed by atoms with Crippen LogP contribution in [0.15, 0.2) is 38.9 Å². The van der Waals surface area contributed by atoms with Gasteiger partial charge in [0.1, 0.15) is 5.75 Å². The van der Waals surface area contributed by atoms with Gasteiger partial charge in [-0.2, -0.15) is 8.42 Å². The zero-order valence-electron chi connectivity index (χ0n) is 10.8. The zero-order chi connectivity index (χ0) is 13.7. The molecule has 0 aromatic heterocycles. The van der Waals surface area contributed by atoms with Crippen molar-refractivity contribution in [3.8, 4) is 5.75 Å². The summed E-state index contributed by atoms with van der Waals surface area (Å²) in [6, 6.07) is 6.10. The van der Waals surface area contributed by atoms with Crippen molar-refractivity contribution in [2.45, 2.75) is 24.2 Å². The Morgan fingerprint density at radius 3 is 2.32 bits per heavy atom. The van der Waals surface area contributed by atoms with Crippen LogP contribution in [0.25, 0.3) is 0 Å². The van der Waals surface area contributed by atoms with Gasteiger partial charge in [0.25, 0.3) is 0 Å². The summed E-state index contributed by atoms with van der Waals surface area (Å²) in [4.78, 5) is 0.119. The molecule has 1 saturated heterocycles. The summed E-state index contributed by atoms with van der Waals surface area (Å²) in [7, 11) is -2.20.